The van der Waals surface area contributed by atoms with E-state index in [-0.39, 0.29) is 0 Å². The summed E-state index contributed by atoms with van der Waals surface area (Å²) in [4.78, 5) is 8.62. The molecule has 20 heavy (non-hydrogen) atoms. The van der Waals surface area contributed by atoms with E-state index in [1.165, 1.54) is 6.33 Å². The molecule has 0 spiro atoms. The number of nitriles is 1. The number of hydrogen-bond donors (Lipinski definition) is 0. The molecule has 1 aromatic heterocycles. The summed E-state index contributed by atoms with van der Waals surface area (Å²) in [6, 6.07) is 15.2. The summed E-state index contributed by atoms with van der Waals surface area (Å²) < 4.78 is 5.38. The molecule has 0 radical (unpaired) electrons. The molecule has 96 valence electrons. The van der Waals surface area contributed by atoms with Crippen molar-refractivity contribution in [2.75, 3.05) is 7.11 Å². The fraction of sp³-hybridized carbons (Fsp3) is 0.0625. The number of ether oxygens (including phenoxy) is 1. The van der Waals surface area contributed by atoms with Crippen molar-refractivity contribution in [2.45, 2.75) is 0 Å². The molecule has 0 saturated heterocycles. The Morgan fingerprint density at radius 2 is 1.95 bits per heavy atom. The lowest BCUT2D eigenvalue weighted by molar-refractivity contribution is 0.416. The molecule has 0 fully saturated rings. The van der Waals surface area contributed by atoms with E-state index in [1.807, 2.05) is 30.3 Å². The van der Waals surface area contributed by atoms with Crippen LogP contribution in [0.1, 0.15) is 5.56 Å². The van der Waals surface area contributed by atoms with Gasteiger partial charge in [0.2, 0.25) is 0 Å². The Labute approximate surface area is 116 Å². The van der Waals surface area contributed by atoms with Gasteiger partial charge in [-0.3, -0.25) is 0 Å². The zero-order chi connectivity index (χ0) is 13.9. The van der Waals surface area contributed by atoms with Crippen LogP contribution in [-0.2, 0) is 0 Å². The van der Waals surface area contributed by atoms with E-state index in [1.54, 1.807) is 19.2 Å². The number of para-hydroxylation sites is 1. The van der Waals surface area contributed by atoms with Crippen molar-refractivity contribution in [1.29, 1.82) is 5.26 Å². The molecule has 2 aromatic carbocycles. The third-order valence-electron chi connectivity index (χ3n) is 3.13. The summed E-state index contributed by atoms with van der Waals surface area (Å²) in [5.41, 5.74) is 3.09. The summed E-state index contributed by atoms with van der Waals surface area (Å²) in [5, 5.41) is 9.92. The average Bonchev–Trinajstić information content (AvgIpc) is 2.53. The van der Waals surface area contributed by atoms with Crippen LogP contribution in [0.4, 0.5) is 0 Å². The van der Waals surface area contributed by atoms with Gasteiger partial charge in [-0.1, -0.05) is 18.2 Å². The maximum absolute atomic E-state index is 8.96. The molecular weight excluding hydrogens is 250 g/mol. The first-order valence-electron chi connectivity index (χ1n) is 6.11. The van der Waals surface area contributed by atoms with Gasteiger partial charge < -0.3 is 4.74 Å². The molecular formula is C16H11N3O. The van der Waals surface area contributed by atoms with Gasteiger partial charge in [0.1, 0.15) is 12.1 Å². The summed E-state index contributed by atoms with van der Waals surface area (Å²) in [6.07, 6.45) is 1.54. The number of fused-ring (bicyclic) bond motifs is 1. The minimum atomic E-state index is 0.559. The fourth-order valence-electron chi connectivity index (χ4n) is 2.18. The minimum Gasteiger partial charge on any atom is -0.496 e. The number of aromatic nitrogens is 2. The molecule has 0 atom stereocenters. The molecule has 0 unspecified atom stereocenters. The Bertz CT molecular complexity index is 816. The Kier molecular flexibility index (Phi) is 3.02. The van der Waals surface area contributed by atoms with E-state index >= 15 is 0 Å². The first-order valence-corrected chi connectivity index (χ1v) is 6.11. The highest BCUT2D eigenvalue weighted by Gasteiger charge is 2.11. The number of methoxy groups -OCH3 is 1. The van der Waals surface area contributed by atoms with Crippen LogP contribution >= 0.6 is 0 Å². The number of benzene rings is 2. The fourth-order valence-corrected chi connectivity index (χ4v) is 2.18. The van der Waals surface area contributed by atoms with Gasteiger partial charge in [-0.25, -0.2) is 9.97 Å². The Morgan fingerprint density at radius 1 is 1.10 bits per heavy atom. The third-order valence-corrected chi connectivity index (χ3v) is 3.13. The lowest BCUT2D eigenvalue weighted by Gasteiger charge is -2.10. The number of hydrogen-bond acceptors (Lipinski definition) is 4. The predicted octanol–water partition coefficient (Wildman–Crippen LogP) is 3.18. The second kappa shape index (κ2) is 4.98. The Hall–Kier alpha value is -2.93. The largest absolute Gasteiger partial charge is 0.496 e. The third kappa shape index (κ3) is 1.95. The zero-order valence-electron chi connectivity index (χ0n) is 10.9. The molecule has 0 aliphatic heterocycles. The van der Waals surface area contributed by atoms with Crippen molar-refractivity contribution in [1.82, 2.24) is 9.97 Å². The van der Waals surface area contributed by atoms with Crippen molar-refractivity contribution >= 4 is 10.9 Å². The average molecular weight is 261 g/mol. The Morgan fingerprint density at radius 3 is 2.75 bits per heavy atom. The standard InChI is InChI=1S/C16H11N3O/c1-20-15-8-11(9-17)6-7-13(15)16-12-4-2-3-5-14(12)18-10-19-16/h2-8,10H,1H3. The van der Waals surface area contributed by atoms with Crippen molar-refractivity contribution in [3.63, 3.8) is 0 Å². The molecule has 0 aliphatic rings. The van der Waals surface area contributed by atoms with Crippen molar-refractivity contribution in [3.05, 3.63) is 54.4 Å². The van der Waals surface area contributed by atoms with Gasteiger partial charge in [0.25, 0.3) is 0 Å². The van der Waals surface area contributed by atoms with Crippen LogP contribution in [0.5, 0.6) is 5.75 Å². The van der Waals surface area contributed by atoms with Crippen molar-refractivity contribution in [2.24, 2.45) is 0 Å². The molecule has 3 rings (SSSR count). The molecule has 0 N–H and O–H groups in total. The molecule has 0 aliphatic carbocycles. The van der Waals surface area contributed by atoms with Gasteiger partial charge in [0, 0.05) is 10.9 Å². The van der Waals surface area contributed by atoms with E-state index in [0.717, 1.165) is 22.2 Å². The van der Waals surface area contributed by atoms with Crippen LogP contribution < -0.4 is 4.74 Å². The second-order valence-corrected chi connectivity index (χ2v) is 4.27. The van der Waals surface area contributed by atoms with Gasteiger partial charge in [0.15, 0.2) is 0 Å². The first kappa shape index (κ1) is 12.1. The van der Waals surface area contributed by atoms with Crippen molar-refractivity contribution < 1.29 is 4.74 Å². The smallest absolute Gasteiger partial charge is 0.129 e. The highest BCUT2D eigenvalue weighted by atomic mass is 16.5. The second-order valence-electron chi connectivity index (χ2n) is 4.27. The maximum atomic E-state index is 8.96. The summed E-state index contributed by atoms with van der Waals surface area (Å²) >= 11 is 0. The van der Waals surface area contributed by atoms with E-state index < -0.39 is 0 Å². The van der Waals surface area contributed by atoms with Gasteiger partial charge in [-0.15, -0.1) is 0 Å². The number of nitrogens with zero attached hydrogens (tertiary/aromatic N) is 3. The van der Waals surface area contributed by atoms with Gasteiger partial charge in [0.05, 0.1) is 30.0 Å². The maximum Gasteiger partial charge on any atom is 0.129 e. The Balaban J connectivity index is 2.29. The molecule has 4 heteroatoms. The lowest BCUT2D eigenvalue weighted by atomic mass is 10.0. The predicted molar refractivity (Wildman–Crippen MR) is 76.2 cm³/mol. The zero-order valence-corrected chi connectivity index (χ0v) is 10.9. The normalized spacial score (nSPS) is 10.2. The van der Waals surface area contributed by atoms with Gasteiger partial charge in [-0.05, 0) is 24.3 Å². The highest BCUT2D eigenvalue weighted by molar-refractivity contribution is 5.93. The van der Waals surface area contributed by atoms with Gasteiger partial charge >= 0.3 is 0 Å². The quantitative estimate of drug-likeness (QED) is 0.711. The summed E-state index contributed by atoms with van der Waals surface area (Å²) in [5.74, 6) is 0.632. The van der Waals surface area contributed by atoms with Gasteiger partial charge in [-0.2, -0.15) is 5.26 Å². The monoisotopic (exact) mass is 261 g/mol. The molecule has 1 heterocycles. The summed E-state index contributed by atoms with van der Waals surface area (Å²) in [7, 11) is 1.59. The number of rotatable bonds is 2. The lowest BCUT2D eigenvalue weighted by Crippen LogP contribution is -1.93. The van der Waals surface area contributed by atoms with E-state index in [4.69, 9.17) is 10.00 Å². The SMILES string of the molecule is COc1cc(C#N)ccc1-c1ncnc2ccccc12. The highest BCUT2D eigenvalue weighted by Crippen LogP contribution is 2.33. The van der Waals surface area contributed by atoms with Crippen molar-refractivity contribution in [3.8, 4) is 23.1 Å². The van der Waals surface area contributed by atoms with E-state index in [2.05, 4.69) is 16.0 Å². The van der Waals surface area contributed by atoms with Crippen LogP contribution in [0.3, 0.4) is 0 Å². The molecule has 0 bridgehead atoms. The minimum absolute atomic E-state index is 0.559. The summed E-state index contributed by atoms with van der Waals surface area (Å²) in [6.45, 7) is 0. The van der Waals surface area contributed by atoms with Crippen LogP contribution in [0.15, 0.2) is 48.8 Å². The van der Waals surface area contributed by atoms with E-state index in [0.29, 0.717) is 11.3 Å². The molecule has 4 nitrogen and oxygen atoms in total. The molecule has 3 aromatic rings. The first-order chi connectivity index (χ1) is 9.83. The van der Waals surface area contributed by atoms with E-state index in [9.17, 15) is 0 Å². The van der Waals surface area contributed by atoms with Crippen LogP contribution in [0, 0.1) is 11.3 Å². The topological polar surface area (TPSA) is 58.8 Å². The van der Waals surface area contributed by atoms with Crippen LogP contribution in [-0.4, -0.2) is 17.1 Å². The molecule has 0 amide bonds. The van der Waals surface area contributed by atoms with Crippen LogP contribution in [0.25, 0.3) is 22.2 Å². The molecule has 0 saturated carbocycles. The van der Waals surface area contributed by atoms with Crippen LogP contribution in [0.2, 0.25) is 0 Å².